The molecule has 0 saturated carbocycles. The van der Waals surface area contributed by atoms with Crippen molar-refractivity contribution in [2.75, 3.05) is 26.5 Å². The van der Waals surface area contributed by atoms with E-state index in [1.807, 2.05) is 30.0 Å². The highest BCUT2D eigenvalue weighted by molar-refractivity contribution is 7.98. The van der Waals surface area contributed by atoms with Crippen molar-refractivity contribution < 1.29 is 9.47 Å². The molecular formula is C11H17NO2S. The Morgan fingerprint density at radius 3 is 2.53 bits per heavy atom. The van der Waals surface area contributed by atoms with Gasteiger partial charge < -0.3 is 15.2 Å². The third-order valence-electron chi connectivity index (χ3n) is 1.98. The van der Waals surface area contributed by atoms with Crippen molar-refractivity contribution in [3.05, 3.63) is 23.8 Å². The maximum Gasteiger partial charge on any atom is 0.161 e. The molecule has 0 radical (unpaired) electrons. The lowest BCUT2D eigenvalue weighted by molar-refractivity contribution is 0.354. The molecular weight excluding hydrogens is 210 g/mol. The summed E-state index contributed by atoms with van der Waals surface area (Å²) in [5, 5.41) is 0. The minimum atomic E-state index is 0.720. The average Bonchev–Trinajstić information content (AvgIpc) is 2.29. The van der Waals surface area contributed by atoms with E-state index in [0.717, 1.165) is 29.5 Å². The number of rotatable bonds is 6. The van der Waals surface area contributed by atoms with E-state index in [-0.39, 0.29) is 0 Å². The Labute approximate surface area is 94.9 Å². The van der Waals surface area contributed by atoms with E-state index < -0.39 is 0 Å². The van der Waals surface area contributed by atoms with E-state index in [0.29, 0.717) is 0 Å². The molecule has 1 rings (SSSR count). The smallest absolute Gasteiger partial charge is 0.161 e. The van der Waals surface area contributed by atoms with E-state index in [1.165, 1.54) is 5.56 Å². The van der Waals surface area contributed by atoms with Crippen molar-refractivity contribution in [2.24, 2.45) is 5.73 Å². The van der Waals surface area contributed by atoms with Gasteiger partial charge in [-0.25, -0.2) is 0 Å². The number of ether oxygens (including phenoxy) is 2. The SMILES string of the molecule is COc1ccc(CSCCN)cc1OC. The van der Waals surface area contributed by atoms with E-state index in [1.54, 1.807) is 14.2 Å². The van der Waals surface area contributed by atoms with Gasteiger partial charge in [-0.05, 0) is 17.7 Å². The van der Waals surface area contributed by atoms with Gasteiger partial charge in [-0.15, -0.1) is 0 Å². The van der Waals surface area contributed by atoms with Gasteiger partial charge in [-0.2, -0.15) is 11.8 Å². The maximum absolute atomic E-state index is 5.43. The van der Waals surface area contributed by atoms with Crippen LogP contribution < -0.4 is 15.2 Å². The van der Waals surface area contributed by atoms with Crippen molar-refractivity contribution in [1.82, 2.24) is 0 Å². The first-order valence-electron chi connectivity index (χ1n) is 4.80. The summed E-state index contributed by atoms with van der Waals surface area (Å²) in [5.41, 5.74) is 6.66. The maximum atomic E-state index is 5.43. The van der Waals surface area contributed by atoms with Crippen LogP contribution >= 0.6 is 11.8 Å². The Hall–Kier alpha value is -0.870. The zero-order valence-corrected chi connectivity index (χ0v) is 9.97. The number of thioether (sulfide) groups is 1. The molecule has 1 aromatic rings. The lowest BCUT2D eigenvalue weighted by Gasteiger charge is -2.09. The summed E-state index contributed by atoms with van der Waals surface area (Å²) < 4.78 is 10.4. The number of benzene rings is 1. The monoisotopic (exact) mass is 227 g/mol. The molecule has 0 unspecified atom stereocenters. The lowest BCUT2D eigenvalue weighted by Crippen LogP contribution is -2.01. The zero-order valence-electron chi connectivity index (χ0n) is 9.16. The Morgan fingerprint density at radius 1 is 1.20 bits per heavy atom. The van der Waals surface area contributed by atoms with Crippen LogP contribution in [0.15, 0.2) is 18.2 Å². The topological polar surface area (TPSA) is 44.5 Å². The van der Waals surface area contributed by atoms with E-state index >= 15 is 0 Å². The predicted octanol–water partition coefficient (Wildman–Crippen LogP) is 1.90. The third-order valence-corrected chi connectivity index (χ3v) is 3.04. The molecule has 15 heavy (non-hydrogen) atoms. The van der Waals surface area contributed by atoms with Crippen LogP contribution in [-0.2, 0) is 5.75 Å². The van der Waals surface area contributed by atoms with Crippen LogP contribution in [0, 0.1) is 0 Å². The molecule has 0 aliphatic carbocycles. The molecule has 0 fully saturated rings. The number of nitrogens with two attached hydrogens (primary N) is 1. The summed E-state index contributed by atoms with van der Waals surface area (Å²) in [4.78, 5) is 0. The van der Waals surface area contributed by atoms with Crippen LogP contribution in [-0.4, -0.2) is 26.5 Å². The molecule has 0 aromatic heterocycles. The van der Waals surface area contributed by atoms with Crippen molar-refractivity contribution in [1.29, 1.82) is 0 Å². The fourth-order valence-electron chi connectivity index (χ4n) is 1.24. The minimum absolute atomic E-state index is 0.720. The highest BCUT2D eigenvalue weighted by Gasteiger charge is 2.03. The lowest BCUT2D eigenvalue weighted by atomic mass is 10.2. The predicted molar refractivity (Wildman–Crippen MR) is 64.8 cm³/mol. The summed E-state index contributed by atoms with van der Waals surface area (Å²) in [6, 6.07) is 5.98. The molecule has 84 valence electrons. The highest BCUT2D eigenvalue weighted by atomic mass is 32.2. The van der Waals surface area contributed by atoms with E-state index in [4.69, 9.17) is 15.2 Å². The van der Waals surface area contributed by atoms with E-state index in [9.17, 15) is 0 Å². The number of hydrogen-bond donors (Lipinski definition) is 1. The fourth-order valence-corrected chi connectivity index (χ4v) is 1.97. The Morgan fingerprint density at radius 2 is 1.93 bits per heavy atom. The van der Waals surface area contributed by atoms with Crippen molar-refractivity contribution >= 4 is 11.8 Å². The van der Waals surface area contributed by atoms with E-state index in [2.05, 4.69) is 0 Å². The number of methoxy groups -OCH3 is 2. The zero-order chi connectivity index (χ0) is 11.1. The van der Waals surface area contributed by atoms with Gasteiger partial charge in [0.05, 0.1) is 14.2 Å². The molecule has 0 saturated heterocycles. The standard InChI is InChI=1S/C11H17NO2S/c1-13-10-4-3-9(7-11(10)14-2)8-15-6-5-12/h3-4,7H,5-6,8,12H2,1-2H3. The highest BCUT2D eigenvalue weighted by Crippen LogP contribution is 2.28. The van der Waals surface area contributed by atoms with Gasteiger partial charge in [0, 0.05) is 18.1 Å². The molecule has 0 heterocycles. The van der Waals surface area contributed by atoms with Crippen LogP contribution in [0.3, 0.4) is 0 Å². The quantitative estimate of drug-likeness (QED) is 0.754. The summed E-state index contributed by atoms with van der Waals surface area (Å²) in [5.74, 6) is 3.49. The molecule has 4 heteroatoms. The van der Waals surface area contributed by atoms with Crippen LogP contribution in [0.25, 0.3) is 0 Å². The molecule has 0 atom stereocenters. The molecule has 3 nitrogen and oxygen atoms in total. The van der Waals surface area contributed by atoms with Crippen molar-refractivity contribution in [2.45, 2.75) is 5.75 Å². The third kappa shape index (κ3) is 3.64. The van der Waals surface area contributed by atoms with Crippen LogP contribution in [0.1, 0.15) is 5.56 Å². The molecule has 0 aliphatic heterocycles. The van der Waals surface area contributed by atoms with Crippen LogP contribution in [0.4, 0.5) is 0 Å². The van der Waals surface area contributed by atoms with Gasteiger partial charge in [0.25, 0.3) is 0 Å². The van der Waals surface area contributed by atoms with Crippen molar-refractivity contribution in [3.8, 4) is 11.5 Å². The molecule has 2 N–H and O–H groups in total. The van der Waals surface area contributed by atoms with Gasteiger partial charge >= 0.3 is 0 Å². The van der Waals surface area contributed by atoms with Gasteiger partial charge in [0.1, 0.15) is 0 Å². The molecule has 0 spiro atoms. The fraction of sp³-hybridized carbons (Fsp3) is 0.455. The summed E-state index contributed by atoms with van der Waals surface area (Å²) in [6.45, 7) is 0.720. The van der Waals surface area contributed by atoms with Gasteiger partial charge in [0.2, 0.25) is 0 Å². The first-order chi connectivity index (χ1) is 7.31. The summed E-state index contributed by atoms with van der Waals surface area (Å²) in [7, 11) is 3.29. The summed E-state index contributed by atoms with van der Waals surface area (Å²) >= 11 is 1.82. The first kappa shape index (κ1) is 12.2. The number of hydrogen-bond acceptors (Lipinski definition) is 4. The first-order valence-corrected chi connectivity index (χ1v) is 5.96. The van der Waals surface area contributed by atoms with Crippen LogP contribution in [0.2, 0.25) is 0 Å². The molecule has 0 bridgehead atoms. The average molecular weight is 227 g/mol. The van der Waals surface area contributed by atoms with Gasteiger partial charge in [-0.3, -0.25) is 0 Å². The second kappa shape index (κ2) is 6.58. The van der Waals surface area contributed by atoms with Gasteiger partial charge in [0.15, 0.2) is 11.5 Å². The molecule has 0 aliphatic rings. The normalized spacial score (nSPS) is 10.1. The van der Waals surface area contributed by atoms with Gasteiger partial charge in [-0.1, -0.05) is 6.07 Å². The largest absolute Gasteiger partial charge is 0.493 e. The van der Waals surface area contributed by atoms with Crippen molar-refractivity contribution in [3.63, 3.8) is 0 Å². The molecule has 1 aromatic carbocycles. The Bertz CT molecular complexity index is 305. The second-order valence-electron chi connectivity index (χ2n) is 3.03. The Balaban J connectivity index is 2.66. The minimum Gasteiger partial charge on any atom is -0.493 e. The Kier molecular flexibility index (Phi) is 5.36. The second-order valence-corrected chi connectivity index (χ2v) is 4.14. The molecule has 0 amide bonds. The summed E-state index contributed by atoms with van der Waals surface area (Å²) in [6.07, 6.45) is 0. The van der Waals surface area contributed by atoms with Crippen LogP contribution in [0.5, 0.6) is 11.5 Å².